The third-order valence-corrected chi connectivity index (χ3v) is 6.00. The van der Waals surface area contributed by atoms with Crippen LogP contribution in [0.25, 0.3) is 0 Å². The second-order valence-electron chi connectivity index (χ2n) is 4.20. The number of nitrogens with one attached hydrogen (secondary N) is 1. The molecule has 4 nitrogen and oxygen atoms in total. The fourth-order valence-corrected chi connectivity index (χ4v) is 4.71. The second kappa shape index (κ2) is 7.52. The van der Waals surface area contributed by atoms with Gasteiger partial charge >= 0.3 is 0 Å². The molecule has 1 atom stereocenters. The van der Waals surface area contributed by atoms with Gasteiger partial charge in [-0.1, -0.05) is 6.92 Å². The molecule has 0 saturated carbocycles. The molecule has 1 aromatic rings. The van der Waals surface area contributed by atoms with Crippen LogP contribution < -0.4 is 10.5 Å². The molecule has 0 aromatic heterocycles. The van der Waals surface area contributed by atoms with Crippen LogP contribution in [0.3, 0.4) is 0 Å². The number of anilines is 1. The van der Waals surface area contributed by atoms with E-state index in [1.165, 1.54) is 6.07 Å². The predicted molar refractivity (Wildman–Crippen MR) is 86.0 cm³/mol. The van der Waals surface area contributed by atoms with Gasteiger partial charge in [-0.2, -0.15) is 11.8 Å². The van der Waals surface area contributed by atoms with E-state index in [9.17, 15) is 8.42 Å². The van der Waals surface area contributed by atoms with Crippen LogP contribution in [-0.2, 0) is 10.0 Å². The Labute approximate surface area is 127 Å². The van der Waals surface area contributed by atoms with E-state index in [4.69, 9.17) is 5.73 Å². The maximum absolute atomic E-state index is 12.2. The van der Waals surface area contributed by atoms with Gasteiger partial charge in [-0.25, -0.2) is 13.1 Å². The zero-order valence-electron chi connectivity index (χ0n) is 11.0. The summed E-state index contributed by atoms with van der Waals surface area (Å²) in [5.41, 5.74) is 6.13. The van der Waals surface area contributed by atoms with Gasteiger partial charge in [0.25, 0.3) is 0 Å². The molecule has 1 unspecified atom stereocenters. The molecule has 0 bridgehead atoms. The molecule has 108 valence electrons. The molecule has 19 heavy (non-hydrogen) atoms. The van der Waals surface area contributed by atoms with Crippen LogP contribution in [0, 0.1) is 0 Å². The van der Waals surface area contributed by atoms with E-state index in [0.29, 0.717) is 10.2 Å². The number of nitrogen functional groups attached to an aromatic ring is 1. The lowest BCUT2D eigenvalue weighted by atomic mass is 10.3. The molecule has 0 saturated heterocycles. The van der Waals surface area contributed by atoms with Crippen molar-refractivity contribution in [2.24, 2.45) is 0 Å². The normalized spacial score (nSPS) is 13.4. The standard InChI is InChI=1S/C12H19BrN2O2S2/c1-3-18-7-6-9(2)15-19(16,17)12-5-4-10(14)8-11(12)13/h4-5,8-9,15H,3,6-7,14H2,1-2H3. The van der Waals surface area contributed by atoms with Gasteiger partial charge in [-0.05, 0) is 59.0 Å². The Balaban J connectivity index is 2.75. The maximum atomic E-state index is 12.2. The van der Waals surface area contributed by atoms with Crippen LogP contribution in [0.1, 0.15) is 20.3 Å². The van der Waals surface area contributed by atoms with Crippen molar-refractivity contribution in [3.05, 3.63) is 22.7 Å². The van der Waals surface area contributed by atoms with Crippen LogP contribution in [0.4, 0.5) is 5.69 Å². The van der Waals surface area contributed by atoms with Crippen LogP contribution in [0.5, 0.6) is 0 Å². The summed E-state index contributed by atoms with van der Waals surface area (Å²) < 4.78 is 27.6. The third kappa shape index (κ3) is 5.33. The Morgan fingerprint density at radius 2 is 2.16 bits per heavy atom. The first-order valence-electron chi connectivity index (χ1n) is 6.02. The van der Waals surface area contributed by atoms with Gasteiger partial charge in [-0.15, -0.1) is 0 Å². The number of nitrogens with two attached hydrogens (primary N) is 1. The molecule has 0 aliphatic carbocycles. The summed E-state index contributed by atoms with van der Waals surface area (Å²) in [7, 11) is -3.51. The number of hydrogen-bond acceptors (Lipinski definition) is 4. The average Bonchev–Trinajstić information content (AvgIpc) is 2.27. The van der Waals surface area contributed by atoms with Gasteiger partial charge in [0.05, 0.1) is 4.90 Å². The van der Waals surface area contributed by atoms with Crippen molar-refractivity contribution < 1.29 is 8.42 Å². The van der Waals surface area contributed by atoms with Gasteiger partial charge in [0, 0.05) is 16.2 Å². The summed E-state index contributed by atoms with van der Waals surface area (Å²) in [5, 5.41) is 0. The van der Waals surface area contributed by atoms with Gasteiger partial charge in [0.1, 0.15) is 0 Å². The van der Waals surface area contributed by atoms with E-state index in [1.54, 1.807) is 23.9 Å². The van der Waals surface area contributed by atoms with E-state index < -0.39 is 10.0 Å². The van der Waals surface area contributed by atoms with Crippen LogP contribution >= 0.6 is 27.7 Å². The first-order valence-corrected chi connectivity index (χ1v) is 9.45. The van der Waals surface area contributed by atoms with Crippen molar-refractivity contribution in [3.8, 4) is 0 Å². The molecular weight excluding hydrogens is 348 g/mol. The van der Waals surface area contributed by atoms with Gasteiger partial charge in [-0.3, -0.25) is 0 Å². The predicted octanol–water partition coefficient (Wildman–Crippen LogP) is 2.84. The molecule has 0 radical (unpaired) electrons. The fourth-order valence-electron chi connectivity index (χ4n) is 1.53. The third-order valence-electron chi connectivity index (χ3n) is 2.50. The quantitative estimate of drug-likeness (QED) is 0.574. The van der Waals surface area contributed by atoms with Crippen molar-refractivity contribution in [2.45, 2.75) is 31.2 Å². The van der Waals surface area contributed by atoms with E-state index in [1.807, 2.05) is 6.92 Å². The number of sulfonamides is 1. The van der Waals surface area contributed by atoms with E-state index in [2.05, 4.69) is 27.6 Å². The minimum absolute atomic E-state index is 0.0893. The molecule has 0 heterocycles. The van der Waals surface area contributed by atoms with E-state index in [-0.39, 0.29) is 10.9 Å². The molecule has 0 aliphatic rings. The van der Waals surface area contributed by atoms with Crippen molar-refractivity contribution in [1.29, 1.82) is 0 Å². The molecule has 7 heteroatoms. The Morgan fingerprint density at radius 1 is 1.47 bits per heavy atom. The largest absolute Gasteiger partial charge is 0.399 e. The highest BCUT2D eigenvalue weighted by atomic mass is 79.9. The van der Waals surface area contributed by atoms with Gasteiger partial charge < -0.3 is 5.73 Å². The molecule has 1 aromatic carbocycles. The summed E-state index contributed by atoms with van der Waals surface area (Å²) in [4.78, 5) is 0.219. The van der Waals surface area contributed by atoms with Crippen molar-refractivity contribution in [1.82, 2.24) is 4.72 Å². The number of benzene rings is 1. The van der Waals surface area contributed by atoms with Crippen molar-refractivity contribution >= 4 is 43.4 Å². The van der Waals surface area contributed by atoms with E-state index in [0.717, 1.165) is 17.9 Å². The number of rotatable bonds is 7. The first-order chi connectivity index (χ1) is 8.86. The Morgan fingerprint density at radius 3 is 2.74 bits per heavy atom. The fraction of sp³-hybridized carbons (Fsp3) is 0.500. The topological polar surface area (TPSA) is 72.2 Å². The number of halogens is 1. The second-order valence-corrected chi connectivity index (χ2v) is 8.13. The average molecular weight is 367 g/mol. The molecule has 3 N–H and O–H groups in total. The molecule has 0 spiro atoms. The number of thioether (sulfide) groups is 1. The monoisotopic (exact) mass is 366 g/mol. The zero-order valence-corrected chi connectivity index (χ0v) is 14.2. The maximum Gasteiger partial charge on any atom is 0.241 e. The summed E-state index contributed by atoms with van der Waals surface area (Å²) >= 11 is 5.04. The molecular formula is C12H19BrN2O2S2. The molecule has 0 aliphatic heterocycles. The minimum atomic E-state index is -3.51. The van der Waals surface area contributed by atoms with Crippen LogP contribution in [0.2, 0.25) is 0 Å². The zero-order chi connectivity index (χ0) is 14.5. The highest BCUT2D eigenvalue weighted by Crippen LogP contribution is 2.24. The summed E-state index contributed by atoms with van der Waals surface area (Å²) in [6.07, 6.45) is 0.810. The summed E-state index contributed by atoms with van der Waals surface area (Å²) in [5.74, 6) is 1.99. The van der Waals surface area contributed by atoms with Crippen LogP contribution in [0.15, 0.2) is 27.6 Å². The Hall–Kier alpha value is -0.240. The number of hydrogen-bond donors (Lipinski definition) is 2. The highest BCUT2D eigenvalue weighted by molar-refractivity contribution is 9.10. The lowest BCUT2D eigenvalue weighted by molar-refractivity contribution is 0.556. The van der Waals surface area contributed by atoms with Crippen molar-refractivity contribution in [2.75, 3.05) is 17.2 Å². The van der Waals surface area contributed by atoms with Crippen LogP contribution in [-0.4, -0.2) is 26.0 Å². The first kappa shape index (κ1) is 16.8. The van der Waals surface area contributed by atoms with Gasteiger partial charge in [0.15, 0.2) is 0 Å². The molecule has 0 fully saturated rings. The summed E-state index contributed by atoms with van der Waals surface area (Å²) in [6, 6.07) is 4.59. The summed E-state index contributed by atoms with van der Waals surface area (Å²) in [6.45, 7) is 3.96. The SMILES string of the molecule is CCSCCC(C)NS(=O)(=O)c1ccc(N)cc1Br. The minimum Gasteiger partial charge on any atom is -0.399 e. The Kier molecular flexibility index (Phi) is 6.65. The lowest BCUT2D eigenvalue weighted by Crippen LogP contribution is -2.33. The molecule has 0 amide bonds. The van der Waals surface area contributed by atoms with Crippen molar-refractivity contribution in [3.63, 3.8) is 0 Å². The van der Waals surface area contributed by atoms with E-state index >= 15 is 0 Å². The highest BCUT2D eigenvalue weighted by Gasteiger charge is 2.19. The smallest absolute Gasteiger partial charge is 0.241 e. The Bertz CT molecular complexity index is 520. The van der Waals surface area contributed by atoms with Gasteiger partial charge in [0.2, 0.25) is 10.0 Å². The lowest BCUT2D eigenvalue weighted by Gasteiger charge is -2.15. The molecule has 1 rings (SSSR count).